The van der Waals surface area contributed by atoms with Gasteiger partial charge in [-0.05, 0) is 55.0 Å². The molecule has 33 heavy (non-hydrogen) atoms. The molecule has 1 unspecified atom stereocenters. The van der Waals surface area contributed by atoms with Crippen LogP contribution in [-0.2, 0) is 9.59 Å². The molecule has 172 valence electrons. The van der Waals surface area contributed by atoms with Gasteiger partial charge in [-0.1, -0.05) is 55.9 Å². The number of benzene rings is 2. The number of nitrogens with zero attached hydrogens (tertiary/aromatic N) is 2. The average Bonchev–Trinajstić information content (AvgIpc) is 3.57. The minimum absolute atomic E-state index is 0.0371. The van der Waals surface area contributed by atoms with Crippen molar-refractivity contribution in [2.24, 2.45) is 4.99 Å². The monoisotopic (exact) mass is 463 g/mol. The summed E-state index contributed by atoms with van der Waals surface area (Å²) in [5, 5.41) is 3.13. The maximum atomic E-state index is 13.4. The first-order chi connectivity index (χ1) is 15.9. The number of nitrogens with one attached hydrogen (secondary N) is 1. The maximum absolute atomic E-state index is 13.4. The smallest absolute Gasteiger partial charge is 0.283 e. The first kappa shape index (κ1) is 23.1. The van der Waals surface area contributed by atoms with Crippen molar-refractivity contribution in [3.05, 3.63) is 65.4 Å². The van der Waals surface area contributed by atoms with Crippen molar-refractivity contribution >= 4 is 40.5 Å². The van der Waals surface area contributed by atoms with Gasteiger partial charge in [0.1, 0.15) is 11.4 Å². The number of methoxy groups -OCH3 is 1. The second-order valence-electron chi connectivity index (χ2n) is 8.63. The Labute approximate surface area is 199 Å². The molecule has 1 atom stereocenters. The number of hydrogen-bond donors (Lipinski definition) is 1. The van der Waals surface area contributed by atoms with Crippen molar-refractivity contribution in [2.45, 2.75) is 50.8 Å². The fraction of sp³-hybridized carbons (Fsp3) is 0.346. The van der Waals surface area contributed by atoms with Crippen molar-refractivity contribution in [1.29, 1.82) is 0 Å². The van der Waals surface area contributed by atoms with E-state index in [0.717, 1.165) is 18.4 Å². The molecule has 0 bridgehead atoms. The summed E-state index contributed by atoms with van der Waals surface area (Å²) in [7, 11) is 1.59. The third kappa shape index (κ3) is 5.47. The van der Waals surface area contributed by atoms with E-state index in [2.05, 4.69) is 36.3 Å². The Morgan fingerprint density at radius 2 is 1.91 bits per heavy atom. The molecule has 2 aromatic rings. The summed E-state index contributed by atoms with van der Waals surface area (Å²) in [4.78, 5) is 32.2. The van der Waals surface area contributed by atoms with Crippen molar-refractivity contribution in [3.63, 3.8) is 0 Å². The van der Waals surface area contributed by atoms with Gasteiger partial charge in [0.15, 0.2) is 5.17 Å². The number of thioether (sulfide) groups is 1. The molecule has 7 heteroatoms. The predicted molar refractivity (Wildman–Crippen MR) is 135 cm³/mol. The van der Waals surface area contributed by atoms with Crippen LogP contribution < -0.4 is 15.0 Å². The Morgan fingerprint density at radius 1 is 1.18 bits per heavy atom. The first-order valence-electron chi connectivity index (χ1n) is 11.2. The number of carbonyl (C=O) groups is 2. The van der Waals surface area contributed by atoms with Gasteiger partial charge < -0.3 is 10.1 Å². The molecule has 6 nitrogen and oxygen atoms in total. The summed E-state index contributed by atoms with van der Waals surface area (Å²) in [5.41, 5.74) is 3.14. The summed E-state index contributed by atoms with van der Waals surface area (Å²) in [6.45, 7) is 6.13. The maximum Gasteiger partial charge on any atom is 0.283 e. The Morgan fingerprint density at radius 3 is 2.55 bits per heavy atom. The van der Waals surface area contributed by atoms with Gasteiger partial charge in [-0.15, -0.1) is 0 Å². The molecule has 1 aliphatic heterocycles. The van der Waals surface area contributed by atoms with Crippen LogP contribution in [0.25, 0.3) is 6.08 Å². The molecule has 0 aromatic heterocycles. The second kappa shape index (κ2) is 9.83. The van der Waals surface area contributed by atoms with Crippen molar-refractivity contribution in [1.82, 2.24) is 5.32 Å². The molecular weight excluding hydrogens is 434 g/mol. The zero-order valence-corrected chi connectivity index (χ0v) is 20.2. The molecule has 0 radical (unpaired) electrons. The van der Waals surface area contributed by atoms with E-state index in [1.165, 1.54) is 17.3 Å². The van der Waals surface area contributed by atoms with E-state index in [-0.39, 0.29) is 23.1 Å². The summed E-state index contributed by atoms with van der Waals surface area (Å²) in [6.07, 6.45) is 3.85. The zero-order chi connectivity index (χ0) is 23.5. The highest BCUT2D eigenvalue weighted by Gasteiger charge is 2.35. The first-order valence-corrected chi connectivity index (χ1v) is 12.1. The molecular formula is C26H29N3O3S. The summed E-state index contributed by atoms with van der Waals surface area (Å²) < 4.78 is 5.34. The standard InChI is InChI=1S/C26H29N3O3S/c1-16(2)19-10-8-18(9-11-19)14-23-25(31)29(21-6-5-7-22(15-21)32-4)26(28-23)33-17(3)24(30)27-20-12-13-20/h5-11,14-17,20H,12-13H2,1-4H3,(H,27,30)/b23-14-. The van der Waals surface area contributed by atoms with Crippen LogP contribution in [-0.4, -0.2) is 35.4 Å². The van der Waals surface area contributed by atoms with E-state index < -0.39 is 0 Å². The van der Waals surface area contributed by atoms with E-state index >= 15 is 0 Å². The molecule has 1 N–H and O–H groups in total. The number of ether oxygens (including phenoxy) is 1. The normalized spacial score (nSPS) is 18.0. The van der Waals surface area contributed by atoms with Gasteiger partial charge in [-0.3, -0.25) is 14.5 Å². The van der Waals surface area contributed by atoms with Crippen LogP contribution in [0, 0.1) is 0 Å². The number of hydrogen-bond acceptors (Lipinski definition) is 5. The highest BCUT2D eigenvalue weighted by molar-refractivity contribution is 8.15. The third-order valence-electron chi connectivity index (χ3n) is 5.62. The molecule has 1 aliphatic carbocycles. The van der Waals surface area contributed by atoms with Crippen LogP contribution in [0.2, 0.25) is 0 Å². The van der Waals surface area contributed by atoms with Crippen LogP contribution in [0.1, 0.15) is 50.7 Å². The Kier molecular flexibility index (Phi) is 6.88. The molecule has 2 aromatic carbocycles. The van der Waals surface area contributed by atoms with Crippen molar-refractivity contribution in [2.75, 3.05) is 12.0 Å². The molecule has 2 aliphatic rings. The van der Waals surface area contributed by atoms with E-state index in [1.807, 2.05) is 37.3 Å². The summed E-state index contributed by atoms with van der Waals surface area (Å²) in [5.74, 6) is 0.817. The van der Waals surface area contributed by atoms with Gasteiger partial charge in [0.05, 0.1) is 18.0 Å². The number of amides is 2. The highest BCUT2D eigenvalue weighted by atomic mass is 32.2. The fourth-order valence-corrected chi connectivity index (χ4v) is 4.38. The minimum Gasteiger partial charge on any atom is -0.497 e. The second-order valence-corrected chi connectivity index (χ2v) is 9.94. The van der Waals surface area contributed by atoms with Crippen molar-refractivity contribution in [3.8, 4) is 5.75 Å². The molecule has 0 spiro atoms. The molecule has 2 amide bonds. The Balaban J connectivity index is 1.64. The van der Waals surface area contributed by atoms with Crippen LogP contribution >= 0.6 is 11.8 Å². The number of carbonyl (C=O) groups excluding carboxylic acids is 2. The molecule has 1 saturated carbocycles. The highest BCUT2D eigenvalue weighted by Crippen LogP contribution is 2.33. The Bertz CT molecular complexity index is 1100. The fourth-order valence-electron chi connectivity index (χ4n) is 3.45. The van der Waals surface area contributed by atoms with Gasteiger partial charge in [-0.2, -0.15) is 0 Å². The van der Waals surface area contributed by atoms with Crippen molar-refractivity contribution < 1.29 is 14.3 Å². The van der Waals surface area contributed by atoms with Crippen LogP contribution in [0.3, 0.4) is 0 Å². The Hall–Kier alpha value is -3.06. The lowest BCUT2D eigenvalue weighted by atomic mass is 10.0. The average molecular weight is 464 g/mol. The minimum atomic E-state index is -0.380. The zero-order valence-electron chi connectivity index (χ0n) is 19.4. The van der Waals surface area contributed by atoms with Crippen LogP contribution in [0.5, 0.6) is 5.75 Å². The number of anilines is 1. The SMILES string of the molecule is COc1cccc(N2C(=O)/C(=C/c3ccc(C(C)C)cc3)N=C2SC(C)C(=O)NC2CC2)c1. The quantitative estimate of drug-likeness (QED) is 0.589. The number of rotatable bonds is 7. The van der Waals surface area contributed by atoms with Gasteiger partial charge in [-0.25, -0.2) is 4.99 Å². The lowest BCUT2D eigenvalue weighted by Crippen LogP contribution is -2.36. The van der Waals surface area contributed by atoms with Gasteiger partial charge in [0.25, 0.3) is 5.91 Å². The van der Waals surface area contributed by atoms with E-state index in [9.17, 15) is 9.59 Å². The van der Waals surface area contributed by atoms with Gasteiger partial charge >= 0.3 is 0 Å². The summed E-state index contributed by atoms with van der Waals surface area (Å²) >= 11 is 1.29. The number of aliphatic imine (C=N–C) groups is 1. The molecule has 1 heterocycles. The number of amidine groups is 1. The topological polar surface area (TPSA) is 71.0 Å². The third-order valence-corrected chi connectivity index (χ3v) is 6.68. The van der Waals surface area contributed by atoms with E-state index in [4.69, 9.17) is 4.74 Å². The van der Waals surface area contributed by atoms with Gasteiger partial charge in [0, 0.05) is 12.1 Å². The van der Waals surface area contributed by atoms with E-state index in [0.29, 0.717) is 28.2 Å². The van der Waals surface area contributed by atoms with Crippen LogP contribution in [0.4, 0.5) is 5.69 Å². The van der Waals surface area contributed by atoms with Crippen LogP contribution in [0.15, 0.2) is 59.2 Å². The largest absolute Gasteiger partial charge is 0.497 e. The predicted octanol–water partition coefficient (Wildman–Crippen LogP) is 4.96. The molecule has 1 fully saturated rings. The van der Waals surface area contributed by atoms with E-state index in [1.54, 1.807) is 24.2 Å². The molecule has 0 saturated heterocycles. The molecule has 4 rings (SSSR count). The lowest BCUT2D eigenvalue weighted by Gasteiger charge is -2.20. The van der Waals surface area contributed by atoms with Gasteiger partial charge in [0.2, 0.25) is 5.91 Å². The lowest BCUT2D eigenvalue weighted by molar-refractivity contribution is -0.120. The summed E-state index contributed by atoms with van der Waals surface area (Å²) in [6, 6.07) is 15.7.